The Hall–Kier alpha value is -1.03. The molecule has 0 unspecified atom stereocenters. The lowest BCUT2D eigenvalue weighted by atomic mass is 10.1. The highest BCUT2D eigenvalue weighted by atomic mass is 19.4. The van der Waals surface area contributed by atoms with E-state index in [0.29, 0.717) is 18.0 Å². The van der Waals surface area contributed by atoms with Gasteiger partial charge in [0.2, 0.25) is 0 Å². The van der Waals surface area contributed by atoms with Crippen molar-refractivity contribution in [3.8, 4) is 0 Å². The van der Waals surface area contributed by atoms with Crippen molar-refractivity contribution in [3.63, 3.8) is 0 Å². The van der Waals surface area contributed by atoms with E-state index in [1.165, 1.54) is 12.1 Å². The molecule has 0 amide bonds. The van der Waals surface area contributed by atoms with Crippen molar-refractivity contribution in [2.75, 3.05) is 6.54 Å². The van der Waals surface area contributed by atoms with Crippen LogP contribution in [0, 0.1) is 5.92 Å². The molecule has 96 valence electrons. The summed E-state index contributed by atoms with van der Waals surface area (Å²) < 4.78 is 37.3. The summed E-state index contributed by atoms with van der Waals surface area (Å²) in [6.07, 6.45) is -3.23. The van der Waals surface area contributed by atoms with Gasteiger partial charge in [-0.05, 0) is 30.5 Å². The zero-order valence-electron chi connectivity index (χ0n) is 10.1. The molecule has 1 aromatic carbocycles. The van der Waals surface area contributed by atoms with Crippen molar-refractivity contribution in [2.24, 2.45) is 5.92 Å². The van der Waals surface area contributed by atoms with Crippen LogP contribution < -0.4 is 5.32 Å². The molecule has 0 aliphatic carbocycles. The van der Waals surface area contributed by atoms with Gasteiger partial charge in [-0.25, -0.2) is 0 Å². The van der Waals surface area contributed by atoms with Gasteiger partial charge >= 0.3 is 6.18 Å². The third-order valence-electron chi connectivity index (χ3n) is 2.48. The molecular formula is C13H18F3N. The fourth-order valence-corrected chi connectivity index (χ4v) is 1.48. The normalized spacial score (nSPS) is 12.1. The predicted molar refractivity (Wildman–Crippen MR) is 62.6 cm³/mol. The molecule has 1 N–H and O–H groups in total. The SMILES string of the molecule is CC(C)CCNCc1cccc(C(F)(F)F)c1. The molecule has 0 radical (unpaired) electrons. The Labute approximate surface area is 100 Å². The molecular weight excluding hydrogens is 227 g/mol. The second-order valence-corrected chi connectivity index (χ2v) is 4.56. The van der Waals surface area contributed by atoms with Crippen LogP contribution in [0.3, 0.4) is 0 Å². The molecule has 0 heterocycles. The number of nitrogens with one attached hydrogen (secondary N) is 1. The Balaban J connectivity index is 2.49. The van der Waals surface area contributed by atoms with E-state index in [4.69, 9.17) is 0 Å². The van der Waals surface area contributed by atoms with E-state index in [1.54, 1.807) is 6.07 Å². The largest absolute Gasteiger partial charge is 0.416 e. The summed E-state index contributed by atoms with van der Waals surface area (Å²) >= 11 is 0. The molecule has 4 heteroatoms. The van der Waals surface area contributed by atoms with E-state index in [-0.39, 0.29) is 0 Å². The Kier molecular flexibility index (Phi) is 5.00. The van der Waals surface area contributed by atoms with Gasteiger partial charge in [0.15, 0.2) is 0 Å². The Morgan fingerprint density at radius 2 is 1.94 bits per heavy atom. The quantitative estimate of drug-likeness (QED) is 0.777. The van der Waals surface area contributed by atoms with Crippen LogP contribution in [0.15, 0.2) is 24.3 Å². The summed E-state index contributed by atoms with van der Waals surface area (Å²) in [5.74, 6) is 0.601. The standard InChI is InChI=1S/C13H18F3N/c1-10(2)6-7-17-9-11-4-3-5-12(8-11)13(14,15)16/h3-5,8,10,17H,6-7,9H2,1-2H3. The van der Waals surface area contributed by atoms with E-state index >= 15 is 0 Å². The summed E-state index contributed by atoms with van der Waals surface area (Å²) in [6, 6.07) is 5.44. The van der Waals surface area contributed by atoms with Crippen molar-refractivity contribution in [1.82, 2.24) is 5.32 Å². The van der Waals surface area contributed by atoms with Gasteiger partial charge in [0.1, 0.15) is 0 Å². The van der Waals surface area contributed by atoms with Gasteiger partial charge in [-0.2, -0.15) is 13.2 Å². The minimum Gasteiger partial charge on any atom is -0.313 e. The molecule has 0 aliphatic rings. The topological polar surface area (TPSA) is 12.0 Å². The highest BCUT2D eigenvalue weighted by molar-refractivity contribution is 5.25. The van der Waals surface area contributed by atoms with E-state index in [9.17, 15) is 13.2 Å². The number of alkyl halides is 3. The lowest BCUT2D eigenvalue weighted by molar-refractivity contribution is -0.137. The summed E-state index contributed by atoms with van der Waals surface area (Å²) in [5.41, 5.74) is 0.0873. The maximum atomic E-state index is 12.4. The highest BCUT2D eigenvalue weighted by Crippen LogP contribution is 2.29. The van der Waals surface area contributed by atoms with Crippen LogP contribution in [-0.2, 0) is 12.7 Å². The molecule has 1 nitrogen and oxygen atoms in total. The van der Waals surface area contributed by atoms with Crippen LogP contribution in [0.25, 0.3) is 0 Å². The average Bonchev–Trinajstić information content (AvgIpc) is 2.23. The molecule has 1 rings (SSSR count). The highest BCUT2D eigenvalue weighted by Gasteiger charge is 2.30. The third-order valence-corrected chi connectivity index (χ3v) is 2.48. The fraction of sp³-hybridized carbons (Fsp3) is 0.538. The van der Waals surface area contributed by atoms with Crippen LogP contribution in [0.5, 0.6) is 0 Å². The molecule has 0 aromatic heterocycles. The molecule has 17 heavy (non-hydrogen) atoms. The van der Waals surface area contributed by atoms with Crippen molar-refractivity contribution < 1.29 is 13.2 Å². The van der Waals surface area contributed by atoms with Crippen LogP contribution >= 0.6 is 0 Å². The van der Waals surface area contributed by atoms with E-state index in [1.807, 2.05) is 0 Å². The lowest BCUT2D eigenvalue weighted by Crippen LogP contribution is -2.16. The number of halogens is 3. The van der Waals surface area contributed by atoms with Gasteiger partial charge in [0.05, 0.1) is 5.56 Å². The van der Waals surface area contributed by atoms with Crippen molar-refractivity contribution in [2.45, 2.75) is 33.0 Å². The Bertz CT molecular complexity index is 345. The van der Waals surface area contributed by atoms with Crippen molar-refractivity contribution in [3.05, 3.63) is 35.4 Å². The number of hydrogen-bond donors (Lipinski definition) is 1. The van der Waals surface area contributed by atoms with Gasteiger partial charge in [-0.3, -0.25) is 0 Å². The van der Waals surface area contributed by atoms with Crippen LogP contribution in [-0.4, -0.2) is 6.54 Å². The average molecular weight is 245 g/mol. The minimum atomic E-state index is -4.26. The van der Waals surface area contributed by atoms with Crippen molar-refractivity contribution >= 4 is 0 Å². The molecule has 0 saturated carbocycles. The molecule has 0 saturated heterocycles. The monoisotopic (exact) mass is 245 g/mol. The summed E-state index contributed by atoms with van der Waals surface area (Å²) in [5, 5.41) is 3.14. The van der Waals surface area contributed by atoms with E-state index in [0.717, 1.165) is 19.0 Å². The predicted octanol–water partition coefficient (Wildman–Crippen LogP) is 3.84. The number of rotatable bonds is 5. The fourth-order valence-electron chi connectivity index (χ4n) is 1.48. The maximum absolute atomic E-state index is 12.4. The van der Waals surface area contributed by atoms with Gasteiger partial charge in [0.25, 0.3) is 0 Å². The smallest absolute Gasteiger partial charge is 0.313 e. The van der Waals surface area contributed by atoms with Crippen molar-refractivity contribution in [1.29, 1.82) is 0 Å². The van der Waals surface area contributed by atoms with Gasteiger partial charge in [-0.1, -0.05) is 32.0 Å². The van der Waals surface area contributed by atoms with Crippen LogP contribution in [0.4, 0.5) is 13.2 Å². The van der Waals surface area contributed by atoms with Crippen LogP contribution in [0.1, 0.15) is 31.4 Å². The second-order valence-electron chi connectivity index (χ2n) is 4.56. The first-order valence-corrected chi connectivity index (χ1v) is 5.76. The summed E-state index contributed by atoms with van der Waals surface area (Å²) in [4.78, 5) is 0. The second kappa shape index (κ2) is 6.05. The molecule has 0 aliphatic heterocycles. The summed E-state index contributed by atoms with van der Waals surface area (Å²) in [6.45, 7) is 5.54. The zero-order valence-corrected chi connectivity index (χ0v) is 10.1. The first-order chi connectivity index (χ1) is 7.89. The molecule has 0 fully saturated rings. The Morgan fingerprint density at radius 1 is 1.24 bits per heavy atom. The van der Waals surface area contributed by atoms with Gasteiger partial charge in [0, 0.05) is 6.54 Å². The first-order valence-electron chi connectivity index (χ1n) is 5.76. The zero-order chi connectivity index (χ0) is 12.9. The molecule has 0 atom stereocenters. The van der Waals surface area contributed by atoms with E-state index < -0.39 is 11.7 Å². The first kappa shape index (κ1) is 14.0. The molecule has 0 spiro atoms. The maximum Gasteiger partial charge on any atom is 0.416 e. The van der Waals surface area contributed by atoms with E-state index in [2.05, 4.69) is 19.2 Å². The van der Waals surface area contributed by atoms with Gasteiger partial charge < -0.3 is 5.32 Å². The molecule has 1 aromatic rings. The Morgan fingerprint density at radius 3 is 2.53 bits per heavy atom. The number of benzene rings is 1. The molecule has 0 bridgehead atoms. The van der Waals surface area contributed by atoms with Crippen LogP contribution in [0.2, 0.25) is 0 Å². The van der Waals surface area contributed by atoms with Gasteiger partial charge in [-0.15, -0.1) is 0 Å². The summed E-state index contributed by atoms with van der Waals surface area (Å²) in [7, 11) is 0. The lowest BCUT2D eigenvalue weighted by Gasteiger charge is -2.10. The minimum absolute atomic E-state index is 0.483. The third kappa shape index (κ3) is 5.22. The number of hydrogen-bond acceptors (Lipinski definition) is 1.